The van der Waals surface area contributed by atoms with Gasteiger partial charge in [-0.15, -0.1) is 0 Å². The van der Waals surface area contributed by atoms with Gasteiger partial charge in [0.2, 0.25) is 5.88 Å². The maximum absolute atomic E-state index is 9.79. The van der Waals surface area contributed by atoms with Crippen LogP contribution in [0.15, 0.2) is 60.8 Å². The first-order chi connectivity index (χ1) is 11.2. The fourth-order valence-corrected chi connectivity index (χ4v) is 2.67. The summed E-state index contributed by atoms with van der Waals surface area (Å²) in [5.41, 5.74) is 2.56. The first kappa shape index (κ1) is 13.5. The lowest BCUT2D eigenvalue weighted by molar-refractivity contribution is 0.462. The van der Waals surface area contributed by atoms with Gasteiger partial charge in [0.05, 0.1) is 11.7 Å². The molecular formula is C19H14N2O2. The molecule has 0 atom stereocenters. The van der Waals surface area contributed by atoms with Crippen molar-refractivity contribution in [2.24, 2.45) is 0 Å². The lowest BCUT2D eigenvalue weighted by Gasteiger charge is -2.09. The molecule has 0 aliphatic heterocycles. The van der Waals surface area contributed by atoms with E-state index in [4.69, 9.17) is 4.74 Å². The summed E-state index contributed by atoms with van der Waals surface area (Å²) in [7, 11) is 0. The topological polar surface area (TPSA) is 55.2 Å². The largest absolute Gasteiger partial charge is 0.506 e. The van der Waals surface area contributed by atoms with Crippen molar-refractivity contribution in [1.29, 1.82) is 0 Å². The van der Waals surface area contributed by atoms with Gasteiger partial charge in [-0.25, -0.2) is 9.97 Å². The second-order valence-electron chi connectivity index (χ2n) is 5.42. The Bertz CT molecular complexity index is 1030. The molecule has 2 heterocycles. The molecule has 0 bridgehead atoms. The Morgan fingerprint density at radius 1 is 1.00 bits per heavy atom. The van der Waals surface area contributed by atoms with Gasteiger partial charge in [0, 0.05) is 16.8 Å². The summed E-state index contributed by atoms with van der Waals surface area (Å²) in [5, 5.41) is 11.7. The minimum Gasteiger partial charge on any atom is -0.506 e. The summed E-state index contributed by atoms with van der Waals surface area (Å²) in [5.74, 6) is 1.28. The van der Waals surface area contributed by atoms with E-state index >= 15 is 0 Å². The zero-order valence-electron chi connectivity index (χ0n) is 12.5. The van der Waals surface area contributed by atoms with Crippen molar-refractivity contribution in [1.82, 2.24) is 9.97 Å². The Hall–Kier alpha value is -3.14. The molecule has 0 amide bonds. The minimum atomic E-state index is 0.161. The highest BCUT2D eigenvalue weighted by molar-refractivity contribution is 5.85. The number of phenolic OH excluding ortho intramolecular Hbond substituents is 1. The molecule has 1 N–H and O–H groups in total. The van der Waals surface area contributed by atoms with Crippen molar-refractivity contribution in [3.05, 3.63) is 66.4 Å². The number of aryl methyl sites for hydroxylation is 1. The number of aromatic hydroxyl groups is 1. The standard InChI is InChI=1S/C19H14N2O2/c1-12-9-18(21-16-7-3-2-6-15(12)16)23-14-10-13-5-4-8-17(22)19(13)20-11-14/h2-11,22H,1H3. The number of fused-ring (bicyclic) bond motifs is 2. The molecule has 4 rings (SSSR count). The van der Waals surface area contributed by atoms with Crippen LogP contribution in [0.1, 0.15) is 5.56 Å². The Morgan fingerprint density at radius 3 is 2.78 bits per heavy atom. The third kappa shape index (κ3) is 2.44. The third-order valence-corrected chi connectivity index (χ3v) is 3.79. The van der Waals surface area contributed by atoms with Gasteiger partial charge in [-0.2, -0.15) is 0 Å². The van der Waals surface area contributed by atoms with Crippen molar-refractivity contribution in [3.8, 4) is 17.4 Å². The minimum absolute atomic E-state index is 0.161. The van der Waals surface area contributed by atoms with E-state index in [0.717, 1.165) is 21.9 Å². The SMILES string of the molecule is Cc1cc(Oc2cnc3c(O)cccc3c2)nc2ccccc12. The van der Waals surface area contributed by atoms with E-state index in [-0.39, 0.29) is 5.75 Å². The van der Waals surface area contributed by atoms with Crippen molar-refractivity contribution < 1.29 is 9.84 Å². The molecule has 0 aliphatic carbocycles. The zero-order valence-corrected chi connectivity index (χ0v) is 12.5. The van der Waals surface area contributed by atoms with Crippen molar-refractivity contribution in [2.75, 3.05) is 0 Å². The second kappa shape index (κ2) is 5.25. The number of ether oxygens (including phenoxy) is 1. The molecule has 0 spiro atoms. The molecule has 4 aromatic rings. The van der Waals surface area contributed by atoms with Crippen LogP contribution in [-0.4, -0.2) is 15.1 Å². The van der Waals surface area contributed by atoms with Crippen LogP contribution in [-0.2, 0) is 0 Å². The number of phenols is 1. The van der Waals surface area contributed by atoms with E-state index in [2.05, 4.69) is 9.97 Å². The van der Waals surface area contributed by atoms with Crippen molar-refractivity contribution >= 4 is 21.8 Å². The fourth-order valence-electron chi connectivity index (χ4n) is 2.67. The fraction of sp³-hybridized carbons (Fsp3) is 0.0526. The predicted octanol–water partition coefficient (Wildman–Crippen LogP) is 4.59. The molecular weight excluding hydrogens is 288 g/mol. The molecule has 2 aromatic carbocycles. The predicted molar refractivity (Wildman–Crippen MR) is 90.0 cm³/mol. The highest BCUT2D eigenvalue weighted by Crippen LogP contribution is 2.29. The van der Waals surface area contributed by atoms with Crippen molar-refractivity contribution in [2.45, 2.75) is 6.92 Å². The number of hydrogen-bond acceptors (Lipinski definition) is 4. The monoisotopic (exact) mass is 302 g/mol. The Morgan fingerprint density at radius 2 is 1.87 bits per heavy atom. The van der Waals surface area contributed by atoms with Gasteiger partial charge in [-0.1, -0.05) is 30.3 Å². The normalized spacial score (nSPS) is 11.0. The maximum Gasteiger partial charge on any atom is 0.220 e. The molecule has 0 unspecified atom stereocenters. The van der Waals surface area contributed by atoms with Crippen LogP contribution in [0.2, 0.25) is 0 Å². The van der Waals surface area contributed by atoms with Gasteiger partial charge in [-0.05, 0) is 30.7 Å². The van der Waals surface area contributed by atoms with Crippen LogP contribution >= 0.6 is 0 Å². The first-order valence-electron chi connectivity index (χ1n) is 7.33. The Labute approximate surface area is 133 Å². The summed E-state index contributed by atoms with van der Waals surface area (Å²) in [6.07, 6.45) is 1.59. The first-order valence-corrected chi connectivity index (χ1v) is 7.33. The molecule has 4 heteroatoms. The number of nitrogens with zero attached hydrogens (tertiary/aromatic N) is 2. The summed E-state index contributed by atoms with van der Waals surface area (Å²) in [6.45, 7) is 2.04. The Balaban J connectivity index is 1.75. The van der Waals surface area contributed by atoms with Gasteiger partial charge >= 0.3 is 0 Å². The van der Waals surface area contributed by atoms with Gasteiger partial charge in [-0.3, -0.25) is 0 Å². The van der Waals surface area contributed by atoms with E-state index in [9.17, 15) is 5.11 Å². The molecule has 0 saturated heterocycles. The molecule has 2 aromatic heterocycles. The maximum atomic E-state index is 9.79. The van der Waals surface area contributed by atoms with Crippen molar-refractivity contribution in [3.63, 3.8) is 0 Å². The molecule has 0 fully saturated rings. The summed E-state index contributed by atoms with van der Waals surface area (Å²) in [6, 6.07) is 17.0. The van der Waals surface area contributed by atoms with Gasteiger partial charge in [0.25, 0.3) is 0 Å². The summed E-state index contributed by atoms with van der Waals surface area (Å²) >= 11 is 0. The van der Waals surface area contributed by atoms with Crippen LogP contribution in [0.3, 0.4) is 0 Å². The lowest BCUT2D eigenvalue weighted by Crippen LogP contribution is -1.92. The highest BCUT2D eigenvalue weighted by Gasteiger charge is 2.07. The van der Waals surface area contributed by atoms with Gasteiger partial charge < -0.3 is 9.84 Å². The van der Waals surface area contributed by atoms with Crippen LogP contribution in [0.5, 0.6) is 17.4 Å². The highest BCUT2D eigenvalue weighted by atomic mass is 16.5. The van der Waals surface area contributed by atoms with Crippen LogP contribution < -0.4 is 4.74 Å². The number of aromatic nitrogens is 2. The van der Waals surface area contributed by atoms with E-state index in [1.54, 1.807) is 18.3 Å². The van der Waals surface area contributed by atoms with E-state index in [0.29, 0.717) is 17.1 Å². The van der Waals surface area contributed by atoms with Gasteiger partial charge in [0.15, 0.2) is 0 Å². The zero-order chi connectivity index (χ0) is 15.8. The van der Waals surface area contributed by atoms with E-state index in [1.165, 1.54) is 0 Å². The number of pyridine rings is 2. The average Bonchev–Trinajstić information content (AvgIpc) is 2.55. The van der Waals surface area contributed by atoms with Crippen LogP contribution in [0.25, 0.3) is 21.8 Å². The number of rotatable bonds is 2. The molecule has 0 radical (unpaired) electrons. The van der Waals surface area contributed by atoms with E-state index in [1.807, 2.05) is 49.4 Å². The lowest BCUT2D eigenvalue weighted by atomic mass is 10.1. The molecule has 4 nitrogen and oxygen atoms in total. The molecule has 112 valence electrons. The number of benzene rings is 2. The quantitative estimate of drug-likeness (QED) is 0.588. The summed E-state index contributed by atoms with van der Waals surface area (Å²) < 4.78 is 5.86. The smallest absolute Gasteiger partial charge is 0.220 e. The van der Waals surface area contributed by atoms with Crippen LogP contribution in [0.4, 0.5) is 0 Å². The third-order valence-electron chi connectivity index (χ3n) is 3.79. The Kier molecular flexibility index (Phi) is 3.08. The molecule has 0 saturated carbocycles. The van der Waals surface area contributed by atoms with Crippen LogP contribution in [0, 0.1) is 6.92 Å². The number of para-hydroxylation sites is 2. The molecule has 0 aliphatic rings. The molecule has 23 heavy (non-hydrogen) atoms. The van der Waals surface area contributed by atoms with E-state index < -0.39 is 0 Å². The number of hydrogen-bond donors (Lipinski definition) is 1. The summed E-state index contributed by atoms with van der Waals surface area (Å²) in [4.78, 5) is 8.79. The van der Waals surface area contributed by atoms with Gasteiger partial charge in [0.1, 0.15) is 17.0 Å². The average molecular weight is 302 g/mol. The second-order valence-corrected chi connectivity index (χ2v) is 5.42.